The highest BCUT2D eigenvalue weighted by Gasteiger charge is 2.29. The number of nitrogens with zero attached hydrogens (tertiary/aromatic N) is 3. The predicted octanol–water partition coefficient (Wildman–Crippen LogP) is 2.90. The second-order valence-corrected chi connectivity index (χ2v) is 9.21. The van der Waals surface area contributed by atoms with E-state index in [1.807, 2.05) is 0 Å². The molecule has 1 unspecified atom stereocenters. The summed E-state index contributed by atoms with van der Waals surface area (Å²) in [5, 5.41) is 24.1. The predicted molar refractivity (Wildman–Crippen MR) is 114 cm³/mol. The van der Waals surface area contributed by atoms with E-state index in [2.05, 4.69) is 9.82 Å². The van der Waals surface area contributed by atoms with Crippen molar-refractivity contribution in [1.29, 1.82) is 0 Å². The van der Waals surface area contributed by atoms with Crippen LogP contribution in [0.5, 0.6) is 0 Å². The van der Waals surface area contributed by atoms with Crippen LogP contribution in [0.3, 0.4) is 0 Å². The molecule has 10 nitrogen and oxygen atoms in total. The molecule has 1 aromatic heterocycles. The molecule has 0 saturated heterocycles. The number of aromatic nitrogens is 2. The number of carbonyl (C=O) groups is 1. The van der Waals surface area contributed by atoms with E-state index in [-0.39, 0.29) is 17.1 Å². The lowest BCUT2D eigenvalue weighted by molar-refractivity contribution is -0.384. The highest BCUT2D eigenvalue weighted by molar-refractivity contribution is 7.89. The maximum atomic E-state index is 13.0. The molecule has 0 radical (unpaired) electrons. The molecule has 0 aliphatic heterocycles. The Balaban J connectivity index is 1.55. The van der Waals surface area contributed by atoms with Crippen LogP contribution in [-0.4, -0.2) is 34.2 Å². The van der Waals surface area contributed by atoms with E-state index in [1.165, 1.54) is 35.1 Å². The smallest absolute Gasteiger partial charge is 0.325 e. The van der Waals surface area contributed by atoms with Crippen LogP contribution in [0.2, 0.25) is 0 Å². The largest absolute Gasteiger partial charge is 0.480 e. The van der Waals surface area contributed by atoms with Gasteiger partial charge in [0.1, 0.15) is 6.54 Å². The molecule has 0 saturated carbocycles. The third-order valence-electron chi connectivity index (χ3n) is 5.40. The van der Waals surface area contributed by atoms with Gasteiger partial charge in [-0.25, -0.2) is 13.1 Å². The number of nitro benzene ring substituents is 1. The Morgan fingerprint density at radius 1 is 1.22 bits per heavy atom. The van der Waals surface area contributed by atoms with Gasteiger partial charge in [0.2, 0.25) is 10.0 Å². The lowest BCUT2D eigenvalue weighted by Crippen LogP contribution is -2.31. The van der Waals surface area contributed by atoms with Crippen molar-refractivity contribution in [3.8, 4) is 11.1 Å². The van der Waals surface area contributed by atoms with Crippen LogP contribution in [0.1, 0.15) is 30.1 Å². The van der Waals surface area contributed by atoms with Gasteiger partial charge in [-0.15, -0.1) is 0 Å². The van der Waals surface area contributed by atoms with E-state index in [0.29, 0.717) is 36.0 Å². The fourth-order valence-corrected chi connectivity index (χ4v) is 5.14. The highest BCUT2D eigenvalue weighted by atomic mass is 32.2. The van der Waals surface area contributed by atoms with Crippen molar-refractivity contribution in [2.75, 3.05) is 0 Å². The molecular formula is C21H20N4O6S. The monoisotopic (exact) mass is 456 g/mol. The van der Waals surface area contributed by atoms with E-state index in [0.717, 1.165) is 5.69 Å². The minimum Gasteiger partial charge on any atom is -0.480 e. The van der Waals surface area contributed by atoms with Crippen molar-refractivity contribution in [1.82, 2.24) is 14.5 Å². The first-order chi connectivity index (χ1) is 15.2. The van der Waals surface area contributed by atoms with Crippen molar-refractivity contribution >= 4 is 21.7 Å². The summed E-state index contributed by atoms with van der Waals surface area (Å²) in [4.78, 5) is 21.6. The average molecular weight is 456 g/mol. The maximum Gasteiger partial charge on any atom is 0.325 e. The Morgan fingerprint density at radius 2 is 1.97 bits per heavy atom. The number of carboxylic acid groups (broad SMARTS) is 1. The Hall–Kier alpha value is -3.57. The zero-order valence-corrected chi connectivity index (χ0v) is 17.7. The fourth-order valence-electron chi connectivity index (χ4n) is 3.89. The first-order valence-corrected chi connectivity index (χ1v) is 11.4. The van der Waals surface area contributed by atoms with Gasteiger partial charge in [-0.1, -0.05) is 24.3 Å². The molecule has 32 heavy (non-hydrogen) atoms. The van der Waals surface area contributed by atoms with E-state index in [9.17, 15) is 23.3 Å². The first-order valence-electron chi connectivity index (χ1n) is 9.88. The van der Waals surface area contributed by atoms with Gasteiger partial charge in [-0.05, 0) is 42.5 Å². The summed E-state index contributed by atoms with van der Waals surface area (Å²) >= 11 is 0. The molecule has 11 heteroatoms. The number of non-ortho nitro benzene ring substituents is 1. The number of aliphatic carboxylic acids is 1. The molecule has 3 aromatic rings. The van der Waals surface area contributed by atoms with Crippen LogP contribution >= 0.6 is 0 Å². The number of carboxylic acids is 1. The highest BCUT2D eigenvalue weighted by Crippen LogP contribution is 2.31. The molecule has 4 rings (SSSR count). The molecule has 0 amide bonds. The second-order valence-electron chi connectivity index (χ2n) is 7.50. The molecule has 2 aromatic carbocycles. The number of benzene rings is 2. The van der Waals surface area contributed by atoms with E-state index in [1.54, 1.807) is 24.3 Å². The lowest BCUT2D eigenvalue weighted by atomic mass is 9.94. The topological polar surface area (TPSA) is 144 Å². The van der Waals surface area contributed by atoms with Crippen molar-refractivity contribution in [2.45, 2.75) is 36.7 Å². The molecule has 1 atom stereocenters. The molecule has 0 fully saturated rings. The van der Waals surface area contributed by atoms with Crippen molar-refractivity contribution < 1.29 is 23.2 Å². The van der Waals surface area contributed by atoms with Crippen molar-refractivity contribution in [3.05, 3.63) is 76.1 Å². The fraction of sp³-hybridized carbons (Fsp3) is 0.238. The van der Waals surface area contributed by atoms with Crippen LogP contribution < -0.4 is 4.72 Å². The summed E-state index contributed by atoms with van der Waals surface area (Å²) < 4.78 is 30.0. The van der Waals surface area contributed by atoms with Crippen LogP contribution in [0.15, 0.2) is 59.6 Å². The van der Waals surface area contributed by atoms with Gasteiger partial charge in [0.05, 0.1) is 22.1 Å². The summed E-state index contributed by atoms with van der Waals surface area (Å²) in [7, 11) is -3.85. The van der Waals surface area contributed by atoms with Crippen LogP contribution in [0.25, 0.3) is 11.1 Å². The van der Waals surface area contributed by atoms with Gasteiger partial charge in [0, 0.05) is 23.4 Å². The van der Waals surface area contributed by atoms with Crippen LogP contribution in [0, 0.1) is 10.1 Å². The van der Waals surface area contributed by atoms with Gasteiger partial charge in [0.25, 0.3) is 5.69 Å². The lowest BCUT2D eigenvalue weighted by Gasteiger charge is -2.24. The number of nitro groups is 1. The third kappa shape index (κ3) is 4.39. The van der Waals surface area contributed by atoms with Gasteiger partial charge in [0.15, 0.2) is 0 Å². The number of hydrogen-bond acceptors (Lipinski definition) is 6. The van der Waals surface area contributed by atoms with E-state index in [4.69, 9.17) is 5.11 Å². The number of rotatable bonds is 7. The Labute approximate surface area is 183 Å². The first kappa shape index (κ1) is 21.7. The van der Waals surface area contributed by atoms with Gasteiger partial charge in [-0.2, -0.15) is 5.10 Å². The Bertz CT molecular complexity index is 1280. The molecule has 2 N–H and O–H groups in total. The van der Waals surface area contributed by atoms with E-state index >= 15 is 0 Å². The molecule has 0 spiro atoms. The standard InChI is InChI=1S/C21H20N4O6S/c26-21(27)13-24-20-6-2-5-19(18(20)12-22-24)23-32(30,31)17-9-7-14(8-10-17)15-3-1-4-16(11-15)25(28)29/h1,3-4,7-12,19,23H,2,5-6,13H2,(H,26,27). The number of hydrogen-bond donors (Lipinski definition) is 2. The summed E-state index contributed by atoms with van der Waals surface area (Å²) in [6.07, 6.45) is 3.45. The van der Waals surface area contributed by atoms with Crippen molar-refractivity contribution in [3.63, 3.8) is 0 Å². The Morgan fingerprint density at radius 3 is 2.66 bits per heavy atom. The average Bonchev–Trinajstić information content (AvgIpc) is 3.17. The van der Waals surface area contributed by atoms with Gasteiger partial charge in [-0.3, -0.25) is 19.6 Å². The van der Waals surface area contributed by atoms with Crippen molar-refractivity contribution in [2.24, 2.45) is 0 Å². The normalized spacial score (nSPS) is 15.8. The zero-order valence-electron chi connectivity index (χ0n) is 16.8. The summed E-state index contributed by atoms with van der Waals surface area (Å²) in [5.41, 5.74) is 2.64. The summed E-state index contributed by atoms with van der Waals surface area (Å²) in [6, 6.07) is 11.7. The Kier molecular flexibility index (Phi) is 5.76. The number of fused-ring (bicyclic) bond motifs is 1. The second kappa shape index (κ2) is 8.52. The summed E-state index contributed by atoms with van der Waals surface area (Å²) in [5.74, 6) is -1.01. The molecule has 166 valence electrons. The molecule has 1 aliphatic carbocycles. The minimum absolute atomic E-state index is 0.0441. The molecule has 1 aliphatic rings. The summed E-state index contributed by atoms with van der Waals surface area (Å²) in [6.45, 7) is -0.270. The SMILES string of the molecule is O=C(O)Cn1ncc2c1CCCC2NS(=O)(=O)c1ccc(-c2cccc([N+](=O)[O-])c2)cc1. The molecular weight excluding hydrogens is 436 g/mol. The zero-order chi connectivity index (χ0) is 22.9. The number of sulfonamides is 1. The third-order valence-corrected chi connectivity index (χ3v) is 6.89. The number of nitrogens with one attached hydrogen (secondary N) is 1. The molecule has 1 heterocycles. The van der Waals surface area contributed by atoms with Gasteiger partial charge >= 0.3 is 5.97 Å². The molecule has 0 bridgehead atoms. The van der Waals surface area contributed by atoms with Gasteiger partial charge < -0.3 is 5.11 Å². The van der Waals surface area contributed by atoms with E-state index < -0.39 is 27.0 Å². The minimum atomic E-state index is -3.85. The van der Waals surface area contributed by atoms with Crippen LogP contribution in [-0.2, 0) is 27.8 Å². The maximum absolute atomic E-state index is 13.0. The quantitative estimate of drug-likeness (QED) is 0.411. The van der Waals surface area contributed by atoms with Crippen LogP contribution in [0.4, 0.5) is 5.69 Å².